The minimum Gasteiger partial charge on any atom is -0.347 e. The zero-order chi connectivity index (χ0) is 37.1. The molecule has 51 heavy (non-hydrogen) atoms. The summed E-state index contributed by atoms with van der Waals surface area (Å²) >= 11 is 0. The molecule has 6 atom stereocenters. The number of hydrogen-bond acceptors (Lipinski definition) is 8. The Morgan fingerprint density at radius 3 is 2.27 bits per heavy atom. The van der Waals surface area contributed by atoms with Crippen LogP contribution in [-0.2, 0) is 24.0 Å². The Morgan fingerprint density at radius 2 is 1.67 bits per heavy atom. The Balaban J connectivity index is 1.39. The van der Waals surface area contributed by atoms with Crippen molar-refractivity contribution in [3.05, 3.63) is 24.3 Å². The lowest BCUT2D eigenvalue weighted by atomic mass is 9.82. The summed E-state index contributed by atoms with van der Waals surface area (Å²) in [7, 11) is 0. The average Bonchev–Trinajstić information content (AvgIpc) is 3.74. The lowest BCUT2D eigenvalue weighted by Gasteiger charge is -2.38. The van der Waals surface area contributed by atoms with Gasteiger partial charge >= 0.3 is 0 Å². The molecular weight excluding hydrogens is 664 g/mol. The zero-order valence-electron chi connectivity index (χ0n) is 29.9. The molecule has 0 spiro atoms. The molecular formula is C36H51F2N7O6. The molecule has 2 heterocycles. The standard InChI is InChI=1S/C36H51F2N7O6/c1-5-9-24(28(46)33(50)41-21-12-13-21)42-32(49)27-22-14-15-36(37,38)23(22)19-45(27)34(51)29(35(2,3)4)44-31(48)26(20-10-7-6-8-11-20)43-30(47)25-18-39-16-17-40-25/h16-18,20-24,26-27,29H,5-15,19H2,1-4H3,(H,41,50)(H,42,49)(H,43,47)(H,44,48)/t22-,23?,24+,26+,27-,29+/m0/s1. The fraction of sp³-hybridized carbons (Fsp3) is 0.722. The molecule has 5 amide bonds. The first-order chi connectivity index (χ1) is 24.1. The van der Waals surface area contributed by atoms with E-state index < -0.39 is 95.6 Å². The number of halogens is 2. The summed E-state index contributed by atoms with van der Waals surface area (Å²) in [4.78, 5) is 90.7. The molecule has 15 heteroatoms. The summed E-state index contributed by atoms with van der Waals surface area (Å²) in [5.74, 6) is -9.86. The first-order valence-corrected chi connectivity index (χ1v) is 18.3. The summed E-state index contributed by atoms with van der Waals surface area (Å²) in [6, 6.07) is -4.88. The van der Waals surface area contributed by atoms with E-state index >= 15 is 8.78 Å². The smallest absolute Gasteiger partial charge is 0.289 e. The summed E-state index contributed by atoms with van der Waals surface area (Å²) in [6.45, 7) is 6.54. The Labute approximate surface area is 297 Å². The Morgan fingerprint density at radius 1 is 0.961 bits per heavy atom. The minimum absolute atomic E-state index is 0.0151. The molecule has 1 aromatic heterocycles. The maximum Gasteiger partial charge on any atom is 0.289 e. The van der Waals surface area contributed by atoms with Gasteiger partial charge in [-0.05, 0) is 55.8 Å². The molecule has 13 nitrogen and oxygen atoms in total. The molecule has 3 aliphatic carbocycles. The number of nitrogens with one attached hydrogen (secondary N) is 4. The third-order valence-electron chi connectivity index (χ3n) is 10.8. The van der Waals surface area contributed by atoms with Crippen LogP contribution in [0.5, 0.6) is 0 Å². The molecule has 3 saturated carbocycles. The highest BCUT2D eigenvalue weighted by molar-refractivity contribution is 6.38. The van der Waals surface area contributed by atoms with E-state index in [1.54, 1.807) is 27.7 Å². The third kappa shape index (κ3) is 8.89. The van der Waals surface area contributed by atoms with Gasteiger partial charge < -0.3 is 26.2 Å². The van der Waals surface area contributed by atoms with Crippen LogP contribution in [0.3, 0.4) is 0 Å². The van der Waals surface area contributed by atoms with E-state index in [0.29, 0.717) is 19.3 Å². The van der Waals surface area contributed by atoms with Gasteiger partial charge in [-0.2, -0.15) is 0 Å². The Bertz CT molecular complexity index is 1480. The van der Waals surface area contributed by atoms with Gasteiger partial charge in [-0.15, -0.1) is 0 Å². The number of fused-ring (bicyclic) bond motifs is 1. The number of carbonyl (C=O) groups excluding carboxylic acids is 6. The van der Waals surface area contributed by atoms with Crippen molar-refractivity contribution in [3.8, 4) is 0 Å². The summed E-state index contributed by atoms with van der Waals surface area (Å²) in [5, 5.41) is 10.9. The number of ketones is 1. The van der Waals surface area contributed by atoms with Gasteiger partial charge in [-0.3, -0.25) is 33.8 Å². The molecule has 4 N–H and O–H groups in total. The lowest BCUT2D eigenvalue weighted by molar-refractivity contribution is -0.146. The Hall–Kier alpha value is -4.04. The van der Waals surface area contributed by atoms with Crippen LogP contribution >= 0.6 is 0 Å². The molecule has 0 radical (unpaired) electrons. The van der Waals surface area contributed by atoms with Crippen LogP contribution in [-0.4, -0.2) is 92.9 Å². The van der Waals surface area contributed by atoms with Gasteiger partial charge in [-0.25, -0.2) is 13.8 Å². The average molecular weight is 716 g/mol. The summed E-state index contributed by atoms with van der Waals surface area (Å²) in [6.07, 6.45) is 9.83. The molecule has 4 aliphatic rings. The van der Waals surface area contributed by atoms with Gasteiger partial charge in [-0.1, -0.05) is 53.4 Å². The lowest BCUT2D eigenvalue weighted by Crippen LogP contribution is -2.62. The fourth-order valence-electron chi connectivity index (χ4n) is 7.83. The summed E-state index contributed by atoms with van der Waals surface area (Å²) < 4.78 is 30.5. The van der Waals surface area contributed by atoms with Crippen molar-refractivity contribution in [2.24, 2.45) is 23.2 Å². The highest BCUT2D eigenvalue weighted by Gasteiger charge is 2.61. The molecule has 280 valence electrons. The SMILES string of the molecule is CCC[C@@H](NC(=O)[C@@H]1[C@H]2CCC(F)(F)C2CN1C(=O)[C@@H](NC(=O)[C@H](NC(=O)c1cnccn1)C1CCCCC1)C(C)(C)C)C(=O)C(=O)NC1CC1. The van der Waals surface area contributed by atoms with E-state index in [-0.39, 0.29) is 30.5 Å². The third-order valence-corrected chi connectivity index (χ3v) is 10.8. The van der Waals surface area contributed by atoms with Gasteiger partial charge in [0.15, 0.2) is 0 Å². The maximum atomic E-state index is 15.2. The second-order valence-electron chi connectivity index (χ2n) is 15.7. The van der Waals surface area contributed by atoms with Crippen LogP contribution < -0.4 is 21.3 Å². The predicted molar refractivity (Wildman–Crippen MR) is 181 cm³/mol. The van der Waals surface area contributed by atoms with Crippen LogP contribution in [0.1, 0.15) is 109 Å². The number of aromatic nitrogens is 2. The van der Waals surface area contributed by atoms with Crippen molar-refractivity contribution in [3.63, 3.8) is 0 Å². The second-order valence-corrected chi connectivity index (χ2v) is 15.7. The molecule has 1 saturated heterocycles. The monoisotopic (exact) mass is 715 g/mol. The summed E-state index contributed by atoms with van der Waals surface area (Å²) in [5.41, 5.74) is -0.917. The van der Waals surface area contributed by atoms with Gasteiger partial charge in [0.2, 0.25) is 23.5 Å². The van der Waals surface area contributed by atoms with Gasteiger partial charge in [0.05, 0.1) is 12.2 Å². The van der Waals surface area contributed by atoms with Crippen LogP contribution in [0.2, 0.25) is 0 Å². The van der Waals surface area contributed by atoms with Crippen molar-refractivity contribution in [1.82, 2.24) is 36.1 Å². The second kappa shape index (κ2) is 15.7. The molecule has 1 unspecified atom stereocenters. The van der Waals surface area contributed by atoms with Crippen LogP contribution in [0.15, 0.2) is 18.6 Å². The highest BCUT2D eigenvalue weighted by Crippen LogP contribution is 2.51. The van der Waals surface area contributed by atoms with E-state index in [4.69, 9.17) is 0 Å². The Kier molecular flexibility index (Phi) is 11.7. The van der Waals surface area contributed by atoms with Gasteiger partial charge in [0.1, 0.15) is 23.8 Å². The van der Waals surface area contributed by atoms with Crippen molar-refractivity contribution < 1.29 is 37.5 Å². The van der Waals surface area contributed by atoms with Crippen molar-refractivity contribution in [1.29, 1.82) is 0 Å². The number of Topliss-reactive ketones (excluding diaryl/α,β-unsaturated/α-hetero) is 1. The van der Waals surface area contributed by atoms with E-state index in [1.807, 2.05) is 0 Å². The van der Waals surface area contributed by atoms with Crippen LogP contribution in [0.25, 0.3) is 0 Å². The fourth-order valence-corrected chi connectivity index (χ4v) is 7.83. The molecule has 4 fully saturated rings. The molecule has 5 rings (SSSR count). The van der Waals surface area contributed by atoms with Crippen LogP contribution in [0, 0.1) is 23.2 Å². The van der Waals surface area contributed by atoms with Crippen molar-refractivity contribution >= 4 is 35.3 Å². The predicted octanol–water partition coefficient (Wildman–Crippen LogP) is 2.69. The first kappa shape index (κ1) is 38.2. The van der Waals surface area contributed by atoms with E-state index in [2.05, 4.69) is 31.2 Å². The molecule has 0 aromatic carbocycles. The first-order valence-electron chi connectivity index (χ1n) is 18.3. The van der Waals surface area contributed by atoms with Crippen molar-refractivity contribution in [2.45, 2.75) is 134 Å². The largest absolute Gasteiger partial charge is 0.347 e. The van der Waals surface area contributed by atoms with Crippen LogP contribution in [0.4, 0.5) is 8.78 Å². The number of carbonyl (C=O) groups is 6. The topological polar surface area (TPSA) is 180 Å². The van der Waals surface area contributed by atoms with Gasteiger partial charge in [0, 0.05) is 37.3 Å². The van der Waals surface area contributed by atoms with E-state index in [0.717, 1.165) is 37.0 Å². The number of hydrogen-bond donors (Lipinski definition) is 4. The number of alkyl halides is 2. The quantitative estimate of drug-likeness (QED) is 0.225. The molecule has 1 aromatic rings. The normalized spacial score (nSPS) is 24.8. The molecule has 0 bridgehead atoms. The molecule has 1 aliphatic heterocycles. The number of rotatable bonds is 13. The number of likely N-dealkylation sites (tertiary alicyclic amines) is 1. The van der Waals surface area contributed by atoms with Crippen molar-refractivity contribution in [2.75, 3.05) is 6.54 Å². The van der Waals surface area contributed by atoms with Gasteiger partial charge in [0.25, 0.3) is 17.7 Å². The minimum atomic E-state index is -3.13. The number of nitrogens with zero attached hydrogens (tertiary/aromatic N) is 3. The van der Waals surface area contributed by atoms with E-state index in [9.17, 15) is 28.8 Å². The zero-order valence-corrected chi connectivity index (χ0v) is 29.9. The maximum absolute atomic E-state index is 15.2. The number of amides is 5. The highest BCUT2D eigenvalue weighted by atomic mass is 19.3. The van der Waals surface area contributed by atoms with E-state index in [1.165, 1.54) is 18.6 Å².